The Labute approximate surface area is 130 Å². The van der Waals surface area contributed by atoms with E-state index in [0.29, 0.717) is 17.3 Å². The van der Waals surface area contributed by atoms with E-state index in [1.807, 2.05) is 23.6 Å². The Balaban J connectivity index is 2.03. The molecule has 0 aliphatic heterocycles. The van der Waals surface area contributed by atoms with Crippen LogP contribution in [0.1, 0.15) is 0 Å². The minimum atomic E-state index is 0.210. The number of ether oxygens (including phenoxy) is 2. The molecule has 0 fully saturated rings. The fourth-order valence-electron chi connectivity index (χ4n) is 1.94. The third-order valence-electron chi connectivity index (χ3n) is 2.91. The van der Waals surface area contributed by atoms with Crippen LogP contribution in [0.25, 0.3) is 10.2 Å². The van der Waals surface area contributed by atoms with E-state index in [1.54, 1.807) is 20.3 Å². The molecular formula is C14H12ClN3O2S. The highest BCUT2D eigenvalue weighted by Crippen LogP contribution is 2.31. The average Bonchev–Trinajstić information content (AvgIpc) is 2.95. The fraction of sp³-hybridized carbons (Fsp3) is 0.143. The van der Waals surface area contributed by atoms with Gasteiger partial charge in [0.2, 0.25) is 5.28 Å². The average molecular weight is 322 g/mol. The molecule has 3 aromatic rings. The van der Waals surface area contributed by atoms with Crippen molar-refractivity contribution in [2.24, 2.45) is 0 Å². The highest BCUT2D eigenvalue weighted by atomic mass is 35.5. The Morgan fingerprint density at radius 3 is 2.48 bits per heavy atom. The standard InChI is InChI=1S/C14H12ClN3O2S/c1-19-9-5-8(6-10(7-9)20-2)16-12-11-3-4-21-13(11)18-14(15)17-12/h3-7H,1-2H3,(H,16,17,18). The lowest BCUT2D eigenvalue weighted by Gasteiger charge is -2.11. The molecule has 3 rings (SSSR count). The van der Waals surface area contributed by atoms with Gasteiger partial charge in [0.25, 0.3) is 0 Å². The lowest BCUT2D eigenvalue weighted by atomic mass is 10.2. The highest BCUT2D eigenvalue weighted by Gasteiger charge is 2.09. The number of methoxy groups -OCH3 is 2. The van der Waals surface area contributed by atoms with Crippen molar-refractivity contribution in [3.8, 4) is 11.5 Å². The number of nitrogens with zero attached hydrogens (tertiary/aromatic N) is 2. The van der Waals surface area contributed by atoms with Crippen LogP contribution in [0.4, 0.5) is 11.5 Å². The first kappa shape index (κ1) is 13.9. The van der Waals surface area contributed by atoms with E-state index < -0.39 is 0 Å². The Morgan fingerprint density at radius 1 is 1.10 bits per heavy atom. The molecule has 0 unspecified atom stereocenters. The van der Waals surface area contributed by atoms with E-state index in [1.165, 1.54) is 11.3 Å². The van der Waals surface area contributed by atoms with Crippen LogP contribution in [0.2, 0.25) is 5.28 Å². The molecule has 0 aliphatic rings. The third kappa shape index (κ3) is 2.86. The zero-order chi connectivity index (χ0) is 14.8. The summed E-state index contributed by atoms with van der Waals surface area (Å²) in [6, 6.07) is 7.47. The summed E-state index contributed by atoms with van der Waals surface area (Å²) in [5.41, 5.74) is 0.800. The minimum Gasteiger partial charge on any atom is -0.497 e. The summed E-state index contributed by atoms with van der Waals surface area (Å²) in [4.78, 5) is 9.28. The topological polar surface area (TPSA) is 56.3 Å². The van der Waals surface area contributed by atoms with E-state index in [4.69, 9.17) is 21.1 Å². The molecule has 0 aliphatic carbocycles. The molecule has 0 atom stereocenters. The van der Waals surface area contributed by atoms with Gasteiger partial charge in [-0.3, -0.25) is 0 Å². The van der Waals surface area contributed by atoms with Crippen molar-refractivity contribution in [3.63, 3.8) is 0 Å². The van der Waals surface area contributed by atoms with Gasteiger partial charge in [0.15, 0.2) is 0 Å². The fourth-order valence-corrected chi connectivity index (χ4v) is 2.92. The Bertz CT molecular complexity index is 769. The van der Waals surface area contributed by atoms with Crippen molar-refractivity contribution >= 4 is 44.7 Å². The minimum absolute atomic E-state index is 0.210. The number of hydrogen-bond donors (Lipinski definition) is 1. The molecule has 0 amide bonds. The zero-order valence-corrected chi connectivity index (χ0v) is 13.0. The first-order valence-corrected chi connectivity index (χ1v) is 7.36. The predicted molar refractivity (Wildman–Crippen MR) is 85.3 cm³/mol. The SMILES string of the molecule is COc1cc(Nc2nc(Cl)nc3sccc23)cc(OC)c1. The second kappa shape index (κ2) is 5.75. The Hall–Kier alpha value is -2.05. The van der Waals surface area contributed by atoms with Crippen molar-refractivity contribution in [2.45, 2.75) is 0 Å². The van der Waals surface area contributed by atoms with Crippen LogP contribution >= 0.6 is 22.9 Å². The number of halogens is 1. The van der Waals surface area contributed by atoms with Crippen LogP contribution in [-0.2, 0) is 0 Å². The van der Waals surface area contributed by atoms with E-state index in [0.717, 1.165) is 15.9 Å². The van der Waals surface area contributed by atoms with Crippen molar-refractivity contribution in [1.82, 2.24) is 9.97 Å². The van der Waals surface area contributed by atoms with Gasteiger partial charge in [-0.1, -0.05) is 0 Å². The van der Waals surface area contributed by atoms with E-state index in [-0.39, 0.29) is 5.28 Å². The van der Waals surface area contributed by atoms with Crippen LogP contribution in [0.15, 0.2) is 29.6 Å². The zero-order valence-electron chi connectivity index (χ0n) is 11.4. The molecule has 2 aromatic heterocycles. The first-order chi connectivity index (χ1) is 10.2. The maximum absolute atomic E-state index is 5.96. The molecular weight excluding hydrogens is 310 g/mol. The molecule has 0 spiro atoms. The summed E-state index contributed by atoms with van der Waals surface area (Å²) in [5.74, 6) is 2.04. The van der Waals surface area contributed by atoms with Crippen LogP contribution in [0.5, 0.6) is 11.5 Å². The molecule has 0 bridgehead atoms. The van der Waals surface area contributed by atoms with Crippen molar-refractivity contribution in [1.29, 1.82) is 0 Å². The van der Waals surface area contributed by atoms with Crippen molar-refractivity contribution in [3.05, 3.63) is 34.9 Å². The highest BCUT2D eigenvalue weighted by molar-refractivity contribution is 7.16. The predicted octanol–water partition coefficient (Wildman–Crippen LogP) is 4.11. The maximum Gasteiger partial charge on any atom is 0.225 e. The number of thiophene rings is 1. The van der Waals surface area contributed by atoms with Gasteiger partial charge < -0.3 is 14.8 Å². The van der Waals surface area contributed by atoms with Crippen molar-refractivity contribution in [2.75, 3.05) is 19.5 Å². The van der Waals surface area contributed by atoms with Gasteiger partial charge in [-0.2, -0.15) is 4.98 Å². The quantitative estimate of drug-likeness (QED) is 0.733. The number of hydrogen-bond acceptors (Lipinski definition) is 6. The number of anilines is 2. The van der Waals surface area contributed by atoms with E-state index in [9.17, 15) is 0 Å². The van der Waals surface area contributed by atoms with Gasteiger partial charge in [-0.05, 0) is 23.0 Å². The smallest absolute Gasteiger partial charge is 0.225 e. The van der Waals surface area contributed by atoms with Gasteiger partial charge in [0.1, 0.15) is 22.1 Å². The molecule has 0 saturated carbocycles. The van der Waals surface area contributed by atoms with Crippen LogP contribution < -0.4 is 14.8 Å². The summed E-state index contributed by atoms with van der Waals surface area (Å²) >= 11 is 7.48. The molecule has 108 valence electrons. The maximum atomic E-state index is 5.96. The summed E-state index contributed by atoms with van der Waals surface area (Å²) in [6.45, 7) is 0. The molecule has 0 radical (unpaired) electrons. The monoisotopic (exact) mass is 321 g/mol. The normalized spacial score (nSPS) is 10.6. The lowest BCUT2D eigenvalue weighted by molar-refractivity contribution is 0.395. The van der Waals surface area contributed by atoms with Crippen molar-refractivity contribution < 1.29 is 9.47 Å². The molecule has 7 heteroatoms. The lowest BCUT2D eigenvalue weighted by Crippen LogP contribution is -1.97. The molecule has 1 N–H and O–H groups in total. The largest absolute Gasteiger partial charge is 0.497 e. The van der Waals surface area contributed by atoms with Gasteiger partial charge >= 0.3 is 0 Å². The van der Waals surface area contributed by atoms with E-state index >= 15 is 0 Å². The second-order valence-corrected chi connectivity index (χ2v) is 5.44. The Morgan fingerprint density at radius 2 is 1.81 bits per heavy atom. The summed E-state index contributed by atoms with van der Waals surface area (Å²) in [6.07, 6.45) is 0. The molecule has 1 aromatic carbocycles. The van der Waals surface area contributed by atoms with Crippen LogP contribution in [0.3, 0.4) is 0 Å². The first-order valence-electron chi connectivity index (χ1n) is 6.10. The van der Waals surface area contributed by atoms with Crippen LogP contribution in [0, 0.1) is 0 Å². The summed E-state index contributed by atoms with van der Waals surface area (Å²) in [7, 11) is 3.22. The third-order valence-corrected chi connectivity index (χ3v) is 3.89. The number of benzene rings is 1. The number of fused-ring (bicyclic) bond motifs is 1. The molecule has 0 saturated heterocycles. The van der Waals surface area contributed by atoms with Gasteiger partial charge in [-0.25, -0.2) is 4.98 Å². The summed E-state index contributed by atoms with van der Waals surface area (Å²) < 4.78 is 10.5. The van der Waals surface area contributed by atoms with Gasteiger partial charge in [0.05, 0.1) is 19.6 Å². The van der Waals surface area contributed by atoms with E-state index in [2.05, 4.69) is 15.3 Å². The number of rotatable bonds is 4. The second-order valence-electron chi connectivity index (χ2n) is 4.21. The number of nitrogens with one attached hydrogen (secondary N) is 1. The molecule has 2 heterocycles. The number of aromatic nitrogens is 2. The molecule has 21 heavy (non-hydrogen) atoms. The van der Waals surface area contributed by atoms with Crippen LogP contribution in [-0.4, -0.2) is 24.2 Å². The van der Waals surface area contributed by atoms with Gasteiger partial charge in [-0.15, -0.1) is 11.3 Å². The van der Waals surface area contributed by atoms with Gasteiger partial charge in [0, 0.05) is 23.9 Å². The summed E-state index contributed by atoms with van der Waals surface area (Å²) in [5, 5.41) is 6.32. The Kier molecular flexibility index (Phi) is 3.81. The molecule has 5 nitrogen and oxygen atoms in total.